The standard InChI is InChI=1S/C12H13NO3/c1-8-3-5-10(6-4-8)12(16)13-9(2)7-11(14)15/h3-7H,1-2H3,(H,13,16)(H,14,15)/b9-7+. The molecule has 4 heteroatoms. The fourth-order valence-corrected chi connectivity index (χ4v) is 1.18. The van der Waals surface area contributed by atoms with Crippen LogP contribution < -0.4 is 5.32 Å². The topological polar surface area (TPSA) is 66.4 Å². The van der Waals surface area contributed by atoms with Crippen molar-refractivity contribution in [3.8, 4) is 0 Å². The van der Waals surface area contributed by atoms with Crippen LogP contribution in [0, 0.1) is 6.92 Å². The van der Waals surface area contributed by atoms with Crippen LogP contribution in [-0.2, 0) is 4.79 Å². The molecule has 1 rings (SSSR count). The molecule has 0 aliphatic rings. The summed E-state index contributed by atoms with van der Waals surface area (Å²) in [5.41, 5.74) is 1.87. The van der Waals surface area contributed by atoms with Crippen LogP contribution in [0.1, 0.15) is 22.8 Å². The van der Waals surface area contributed by atoms with Crippen LogP contribution in [0.3, 0.4) is 0 Å². The van der Waals surface area contributed by atoms with E-state index >= 15 is 0 Å². The zero-order valence-corrected chi connectivity index (χ0v) is 9.15. The SMILES string of the molecule is C/C(=C\C(=O)O)NC(=O)c1ccc(C)cc1. The molecular formula is C12H13NO3. The number of carbonyl (C=O) groups is 2. The summed E-state index contributed by atoms with van der Waals surface area (Å²) in [6.45, 7) is 3.46. The van der Waals surface area contributed by atoms with Crippen molar-refractivity contribution in [2.45, 2.75) is 13.8 Å². The number of aliphatic carboxylic acids is 1. The van der Waals surface area contributed by atoms with Gasteiger partial charge in [0.25, 0.3) is 5.91 Å². The van der Waals surface area contributed by atoms with Crippen molar-refractivity contribution < 1.29 is 14.7 Å². The molecule has 0 saturated carbocycles. The summed E-state index contributed by atoms with van der Waals surface area (Å²) < 4.78 is 0. The lowest BCUT2D eigenvalue weighted by atomic mass is 10.1. The van der Waals surface area contributed by atoms with E-state index in [2.05, 4.69) is 5.32 Å². The van der Waals surface area contributed by atoms with Gasteiger partial charge in [-0.1, -0.05) is 17.7 Å². The molecule has 0 bridgehead atoms. The highest BCUT2D eigenvalue weighted by atomic mass is 16.4. The molecule has 84 valence electrons. The molecule has 0 atom stereocenters. The van der Waals surface area contributed by atoms with Gasteiger partial charge >= 0.3 is 5.97 Å². The van der Waals surface area contributed by atoms with E-state index in [-0.39, 0.29) is 5.91 Å². The maximum Gasteiger partial charge on any atom is 0.330 e. The molecule has 0 aromatic heterocycles. The van der Waals surface area contributed by atoms with Crippen LogP contribution in [0.25, 0.3) is 0 Å². The number of benzene rings is 1. The maximum atomic E-state index is 11.6. The van der Waals surface area contributed by atoms with Crippen LogP contribution in [0.5, 0.6) is 0 Å². The lowest BCUT2D eigenvalue weighted by Gasteiger charge is -2.04. The predicted octanol–water partition coefficient (Wildman–Crippen LogP) is 1.71. The van der Waals surface area contributed by atoms with Gasteiger partial charge in [-0.05, 0) is 26.0 Å². The van der Waals surface area contributed by atoms with Crippen LogP contribution in [0.15, 0.2) is 36.0 Å². The van der Waals surface area contributed by atoms with Crippen molar-refractivity contribution in [1.82, 2.24) is 5.32 Å². The Bertz CT molecular complexity index is 432. The van der Waals surface area contributed by atoms with Gasteiger partial charge in [-0.15, -0.1) is 0 Å². The molecule has 0 aliphatic carbocycles. The fourth-order valence-electron chi connectivity index (χ4n) is 1.18. The smallest absolute Gasteiger partial charge is 0.330 e. The predicted molar refractivity (Wildman–Crippen MR) is 60.0 cm³/mol. The first kappa shape index (κ1) is 12.0. The Kier molecular flexibility index (Phi) is 3.83. The summed E-state index contributed by atoms with van der Waals surface area (Å²) in [7, 11) is 0. The van der Waals surface area contributed by atoms with Gasteiger partial charge in [-0.2, -0.15) is 0 Å². The summed E-state index contributed by atoms with van der Waals surface area (Å²) in [5, 5.41) is 11.0. The van der Waals surface area contributed by atoms with E-state index in [1.54, 1.807) is 12.1 Å². The number of allylic oxidation sites excluding steroid dienone is 1. The van der Waals surface area contributed by atoms with Gasteiger partial charge in [-0.3, -0.25) is 4.79 Å². The number of rotatable bonds is 3. The van der Waals surface area contributed by atoms with Gasteiger partial charge in [0.1, 0.15) is 0 Å². The number of nitrogens with one attached hydrogen (secondary N) is 1. The number of aryl methyl sites for hydroxylation is 1. The molecule has 1 aromatic rings. The van der Waals surface area contributed by atoms with E-state index < -0.39 is 5.97 Å². The first-order valence-corrected chi connectivity index (χ1v) is 4.78. The Hall–Kier alpha value is -2.10. The number of amides is 1. The van der Waals surface area contributed by atoms with E-state index in [9.17, 15) is 9.59 Å². The molecule has 0 radical (unpaired) electrons. The molecule has 0 unspecified atom stereocenters. The lowest BCUT2D eigenvalue weighted by molar-refractivity contribution is -0.131. The number of carbonyl (C=O) groups excluding carboxylic acids is 1. The largest absolute Gasteiger partial charge is 0.478 e. The average molecular weight is 219 g/mol. The first-order valence-electron chi connectivity index (χ1n) is 4.78. The zero-order chi connectivity index (χ0) is 12.1. The minimum Gasteiger partial charge on any atom is -0.478 e. The Morgan fingerprint density at radius 1 is 1.25 bits per heavy atom. The second kappa shape index (κ2) is 5.11. The summed E-state index contributed by atoms with van der Waals surface area (Å²) in [6, 6.07) is 7.04. The second-order valence-corrected chi connectivity index (χ2v) is 3.49. The lowest BCUT2D eigenvalue weighted by Crippen LogP contribution is -2.21. The van der Waals surface area contributed by atoms with Crippen molar-refractivity contribution in [3.63, 3.8) is 0 Å². The molecule has 4 nitrogen and oxygen atoms in total. The van der Waals surface area contributed by atoms with Gasteiger partial charge in [0.05, 0.1) is 0 Å². The van der Waals surface area contributed by atoms with Crippen LogP contribution in [-0.4, -0.2) is 17.0 Å². The Morgan fingerprint density at radius 3 is 2.31 bits per heavy atom. The highest BCUT2D eigenvalue weighted by molar-refractivity contribution is 5.95. The fraction of sp³-hybridized carbons (Fsp3) is 0.167. The molecule has 0 heterocycles. The molecule has 0 spiro atoms. The van der Waals surface area contributed by atoms with Crippen LogP contribution in [0.2, 0.25) is 0 Å². The quantitative estimate of drug-likeness (QED) is 0.760. The van der Waals surface area contributed by atoms with Crippen LogP contribution >= 0.6 is 0 Å². The number of hydrogen-bond donors (Lipinski definition) is 2. The van der Waals surface area contributed by atoms with Gasteiger partial charge in [0, 0.05) is 17.3 Å². The zero-order valence-electron chi connectivity index (χ0n) is 9.15. The number of carboxylic acid groups (broad SMARTS) is 1. The Labute approximate surface area is 93.6 Å². The van der Waals surface area contributed by atoms with Crippen LogP contribution in [0.4, 0.5) is 0 Å². The molecule has 0 aliphatic heterocycles. The van der Waals surface area contributed by atoms with E-state index in [0.717, 1.165) is 11.6 Å². The van der Waals surface area contributed by atoms with Crippen molar-refractivity contribution >= 4 is 11.9 Å². The van der Waals surface area contributed by atoms with E-state index in [1.807, 2.05) is 19.1 Å². The first-order chi connectivity index (χ1) is 7.49. The molecule has 16 heavy (non-hydrogen) atoms. The van der Waals surface area contributed by atoms with Gasteiger partial charge < -0.3 is 10.4 Å². The number of hydrogen-bond acceptors (Lipinski definition) is 2. The average Bonchev–Trinajstić information content (AvgIpc) is 2.16. The van der Waals surface area contributed by atoms with E-state index in [1.165, 1.54) is 6.92 Å². The third-order valence-corrected chi connectivity index (χ3v) is 1.96. The molecule has 1 aromatic carbocycles. The Balaban J connectivity index is 2.73. The van der Waals surface area contributed by atoms with Crippen molar-refractivity contribution in [1.29, 1.82) is 0 Å². The summed E-state index contributed by atoms with van der Waals surface area (Å²) in [5.74, 6) is -1.39. The highest BCUT2D eigenvalue weighted by Crippen LogP contribution is 2.03. The minimum atomic E-state index is -1.08. The maximum absolute atomic E-state index is 11.6. The highest BCUT2D eigenvalue weighted by Gasteiger charge is 2.05. The minimum absolute atomic E-state index is 0.304. The van der Waals surface area contributed by atoms with Gasteiger partial charge in [-0.25, -0.2) is 4.79 Å². The third-order valence-electron chi connectivity index (χ3n) is 1.96. The van der Waals surface area contributed by atoms with Crippen molar-refractivity contribution in [2.75, 3.05) is 0 Å². The van der Waals surface area contributed by atoms with E-state index in [4.69, 9.17) is 5.11 Å². The summed E-state index contributed by atoms with van der Waals surface area (Å²) >= 11 is 0. The molecule has 1 amide bonds. The third kappa shape index (κ3) is 3.57. The molecular weight excluding hydrogens is 206 g/mol. The Morgan fingerprint density at radius 2 is 1.81 bits per heavy atom. The van der Waals surface area contributed by atoms with E-state index in [0.29, 0.717) is 11.3 Å². The monoisotopic (exact) mass is 219 g/mol. The van der Waals surface area contributed by atoms with Crippen molar-refractivity contribution in [3.05, 3.63) is 47.2 Å². The molecule has 0 saturated heterocycles. The number of carboxylic acids is 1. The van der Waals surface area contributed by atoms with Gasteiger partial charge in [0.15, 0.2) is 0 Å². The second-order valence-electron chi connectivity index (χ2n) is 3.49. The van der Waals surface area contributed by atoms with Crippen molar-refractivity contribution in [2.24, 2.45) is 0 Å². The molecule has 0 fully saturated rings. The summed E-state index contributed by atoms with van der Waals surface area (Å²) in [6.07, 6.45) is 0.950. The summed E-state index contributed by atoms with van der Waals surface area (Å²) in [4.78, 5) is 21.9. The normalized spacial score (nSPS) is 11.0. The van der Waals surface area contributed by atoms with Gasteiger partial charge in [0.2, 0.25) is 0 Å². The molecule has 2 N–H and O–H groups in total.